The molecule has 0 fully saturated rings. The molecule has 0 bridgehead atoms. The molecule has 0 aliphatic heterocycles. The molecule has 1 aromatic heterocycles. The number of aromatic nitrogens is 1. The standard InChI is InChI=1S/C14H16N2O2/c1-3-9(2)15-14(18)11-8-13(17)16-12-7-5-4-6-10(11)12/h4-9H,3H2,1-2H3,(H,15,18)(H,16,17). The van der Waals surface area contributed by atoms with E-state index in [1.807, 2.05) is 32.0 Å². The van der Waals surface area contributed by atoms with E-state index in [9.17, 15) is 9.59 Å². The normalized spacial score (nSPS) is 12.3. The molecule has 0 aliphatic carbocycles. The van der Waals surface area contributed by atoms with Gasteiger partial charge in [0.2, 0.25) is 5.56 Å². The predicted octanol–water partition coefficient (Wildman–Crippen LogP) is 2.06. The zero-order valence-corrected chi connectivity index (χ0v) is 10.5. The molecule has 0 aliphatic rings. The van der Waals surface area contributed by atoms with Gasteiger partial charge in [-0.2, -0.15) is 0 Å². The average molecular weight is 244 g/mol. The lowest BCUT2D eigenvalue weighted by Gasteiger charge is -2.12. The molecule has 4 nitrogen and oxygen atoms in total. The van der Waals surface area contributed by atoms with Crippen LogP contribution in [0.4, 0.5) is 0 Å². The summed E-state index contributed by atoms with van der Waals surface area (Å²) in [6, 6.07) is 8.73. The van der Waals surface area contributed by atoms with Gasteiger partial charge in [-0.1, -0.05) is 25.1 Å². The Kier molecular flexibility index (Phi) is 3.46. The third-order valence-corrected chi connectivity index (χ3v) is 2.99. The summed E-state index contributed by atoms with van der Waals surface area (Å²) in [5.41, 5.74) is 0.844. The van der Waals surface area contributed by atoms with Gasteiger partial charge < -0.3 is 10.3 Å². The van der Waals surface area contributed by atoms with Crippen molar-refractivity contribution >= 4 is 16.8 Å². The van der Waals surface area contributed by atoms with E-state index in [0.717, 1.165) is 11.8 Å². The second kappa shape index (κ2) is 5.04. The number of pyridine rings is 1. The fourth-order valence-electron chi connectivity index (χ4n) is 1.80. The maximum Gasteiger partial charge on any atom is 0.252 e. The van der Waals surface area contributed by atoms with Gasteiger partial charge in [-0.3, -0.25) is 9.59 Å². The van der Waals surface area contributed by atoms with Crippen molar-refractivity contribution in [3.8, 4) is 0 Å². The van der Waals surface area contributed by atoms with Crippen LogP contribution in [0.25, 0.3) is 10.9 Å². The van der Waals surface area contributed by atoms with E-state index >= 15 is 0 Å². The van der Waals surface area contributed by atoms with Gasteiger partial charge >= 0.3 is 0 Å². The molecular formula is C14H16N2O2. The lowest BCUT2D eigenvalue weighted by atomic mass is 10.1. The highest BCUT2D eigenvalue weighted by Crippen LogP contribution is 2.14. The lowest BCUT2D eigenvalue weighted by Crippen LogP contribution is -2.32. The number of hydrogen-bond acceptors (Lipinski definition) is 2. The number of para-hydroxylation sites is 1. The molecule has 0 spiro atoms. The topological polar surface area (TPSA) is 62.0 Å². The smallest absolute Gasteiger partial charge is 0.252 e. The van der Waals surface area contributed by atoms with Crippen LogP contribution in [0.15, 0.2) is 35.1 Å². The maximum absolute atomic E-state index is 12.1. The number of H-pyrrole nitrogens is 1. The van der Waals surface area contributed by atoms with E-state index in [4.69, 9.17) is 0 Å². The number of carbonyl (C=O) groups excluding carboxylic acids is 1. The van der Waals surface area contributed by atoms with Crippen LogP contribution in [-0.4, -0.2) is 16.9 Å². The summed E-state index contributed by atoms with van der Waals surface area (Å²) in [4.78, 5) is 26.4. The number of nitrogens with one attached hydrogen (secondary N) is 2. The van der Waals surface area contributed by atoms with E-state index < -0.39 is 0 Å². The number of rotatable bonds is 3. The molecule has 1 heterocycles. The van der Waals surface area contributed by atoms with Crippen LogP contribution in [-0.2, 0) is 0 Å². The summed E-state index contributed by atoms with van der Waals surface area (Å²) in [6.45, 7) is 3.94. The molecule has 94 valence electrons. The molecule has 4 heteroatoms. The van der Waals surface area contributed by atoms with Crippen LogP contribution in [0.1, 0.15) is 30.6 Å². The first-order valence-electron chi connectivity index (χ1n) is 6.04. The minimum Gasteiger partial charge on any atom is -0.350 e. The number of aromatic amines is 1. The minimum absolute atomic E-state index is 0.0931. The van der Waals surface area contributed by atoms with Crippen LogP contribution >= 0.6 is 0 Å². The van der Waals surface area contributed by atoms with Crippen molar-refractivity contribution in [2.75, 3.05) is 0 Å². The first-order chi connectivity index (χ1) is 8.61. The van der Waals surface area contributed by atoms with Crippen molar-refractivity contribution in [2.45, 2.75) is 26.3 Å². The van der Waals surface area contributed by atoms with E-state index in [0.29, 0.717) is 11.1 Å². The number of hydrogen-bond donors (Lipinski definition) is 2. The number of amides is 1. The van der Waals surface area contributed by atoms with Crippen molar-refractivity contribution in [2.24, 2.45) is 0 Å². The van der Waals surface area contributed by atoms with Gasteiger partial charge in [0, 0.05) is 23.0 Å². The number of carbonyl (C=O) groups is 1. The quantitative estimate of drug-likeness (QED) is 0.868. The van der Waals surface area contributed by atoms with E-state index in [-0.39, 0.29) is 17.5 Å². The molecule has 1 aromatic carbocycles. The molecule has 1 atom stereocenters. The zero-order chi connectivity index (χ0) is 13.1. The highest BCUT2D eigenvalue weighted by molar-refractivity contribution is 6.06. The summed E-state index contributed by atoms with van der Waals surface area (Å²) in [5.74, 6) is -0.202. The largest absolute Gasteiger partial charge is 0.350 e. The molecule has 0 radical (unpaired) electrons. The van der Waals surface area contributed by atoms with Crippen molar-refractivity contribution in [3.05, 3.63) is 46.2 Å². The summed E-state index contributed by atoms with van der Waals surface area (Å²) >= 11 is 0. The highest BCUT2D eigenvalue weighted by atomic mass is 16.2. The SMILES string of the molecule is CCC(C)NC(=O)c1cc(=O)[nH]c2ccccc12. The third kappa shape index (κ3) is 2.42. The number of fused-ring (bicyclic) bond motifs is 1. The molecule has 2 rings (SSSR count). The van der Waals surface area contributed by atoms with Gasteiger partial charge in [0.05, 0.1) is 5.56 Å². The Hall–Kier alpha value is -2.10. The summed E-state index contributed by atoms with van der Waals surface area (Å²) < 4.78 is 0. The Balaban J connectivity index is 2.50. The maximum atomic E-state index is 12.1. The zero-order valence-electron chi connectivity index (χ0n) is 10.5. The molecule has 18 heavy (non-hydrogen) atoms. The van der Waals surface area contributed by atoms with Gasteiger partial charge in [0.1, 0.15) is 0 Å². The van der Waals surface area contributed by atoms with Crippen molar-refractivity contribution < 1.29 is 4.79 Å². The lowest BCUT2D eigenvalue weighted by molar-refractivity contribution is 0.0941. The highest BCUT2D eigenvalue weighted by Gasteiger charge is 2.12. The van der Waals surface area contributed by atoms with Crippen molar-refractivity contribution in [1.29, 1.82) is 0 Å². The molecule has 0 saturated heterocycles. The minimum atomic E-state index is -0.261. The molecule has 1 amide bonds. The fourth-order valence-corrected chi connectivity index (χ4v) is 1.80. The van der Waals surface area contributed by atoms with Crippen LogP contribution in [0.2, 0.25) is 0 Å². The van der Waals surface area contributed by atoms with Gasteiger partial charge in [-0.05, 0) is 19.4 Å². The second-order valence-corrected chi connectivity index (χ2v) is 4.38. The van der Waals surface area contributed by atoms with E-state index in [1.54, 1.807) is 6.07 Å². The molecule has 2 aromatic rings. The molecule has 1 unspecified atom stereocenters. The Bertz CT molecular complexity index is 631. The summed E-state index contributed by atoms with van der Waals surface area (Å²) in [7, 11) is 0. The van der Waals surface area contributed by atoms with E-state index in [2.05, 4.69) is 10.3 Å². The predicted molar refractivity (Wildman–Crippen MR) is 71.8 cm³/mol. The molecule has 2 N–H and O–H groups in total. The first-order valence-corrected chi connectivity index (χ1v) is 6.04. The van der Waals surface area contributed by atoms with Crippen molar-refractivity contribution in [1.82, 2.24) is 10.3 Å². The summed E-state index contributed by atoms with van der Waals surface area (Å²) in [5, 5.41) is 3.64. The second-order valence-electron chi connectivity index (χ2n) is 4.38. The average Bonchev–Trinajstić information content (AvgIpc) is 2.37. The van der Waals surface area contributed by atoms with Gasteiger partial charge in [-0.15, -0.1) is 0 Å². The summed E-state index contributed by atoms with van der Waals surface area (Å²) in [6.07, 6.45) is 0.854. The van der Waals surface area contributed by atoms with Crippen LogP contribution < -0.4 is 10.9 Å². The van der Waals surface area contributed by atoms with Crippen LogP contribution in [0.5, 0.6) is 0 Å². The van der Waals surface area contributed by atoms with E-state index in [1.165, 1.54) is 6.07 Å². The Morgan fingerprint density at radius 1 is 1.39 bits per heavy atom. The fraction of sp³-hybridized carbons (Fsp3) is 0.286. The van der Waals surface area contributed by atoms with Gasteiger partial charge in [-0.25, -0.2) is 0 Å². The Labute approximate surface area is 105 Å². The van der Waals surface area contributed by atoms with Gasteiger partial charge in [0.25, 0.3) is 5.91 Å². The Morgan fingerprint density at radius 2 is 2.11 bits per heavy atom. The first kappa shape index (κ1) is 12.4. The number of benzene rings is 1. The third-order valence-electron chi connectivity index (χ3n) is 2.99. The van der Waals surface area contributed by atoms with Crippen molar-refractivity contribution in [3.63, 3.8) is 0 Å². The molecule has 0 saturated carbocycles. The van der Waals surface area contributed by atoms with Crippen LogP contribution in [0, 0.1) is 0 Å². The molecular weight excluding hydrogens is 228 g/mol. The Morgan fingerprint density at radius 3 is 2.83 bits per heavy atom. The monoisotopic (exact) mass is 244 g/mol. The van der Waals surface area contributed by atoms with Gasteiger partial charge in [0.15, 0.2) is 0 Å². The van der Waals surface area contributed by atoms with Crippen LogP contribution in [0.3, 0.4) is 0 Å².